The Bertz CT molecular complexity index is 1020. The molecule has 33 heavy (non-hydrogen) atoms. The number of para-hydroxylation sites is 1. The molecule has 1 amide bonds. The first-order chi connectivity index (χ1) is 16.0. The first-order valence-electron chi connectivity index (χ1n) is 12.3. The zero-order chi connectivity index (χ0) is 23.4. The molecule has 0 unspecified atom stereocenters. The summed E-state index contributed by atoms with van der Waals surface area (Å²) < 4.78 is 0. The smallest absolute Gasteiger partial charge is 0.258 e. The molecule has 178 valence electrons. The van der Waals surface area contributed by atoms with E-state index in [0.717, 1.165) is 43.0 Å². The minimum atomic E-state index is 0.0621. The van der Waals surface area contributed by atoms with Crippen LogP contribution in [-0.2, 0) is 11.2 Å². The number of amides is 1. The molecule has 2 N–H and O–H groups in total. The summed E-state index contributed by atoms with van der Waals surface area (Å²) in [6, 6.07) is 8.60. The van der Waals surface area contributed by atoms with Crippen molar-refractivity contribution < 1.29 is 4.79 Å². The first kappa shape index (κ1) is 24.0. The van der Waals surface area contributed by atoms with Crippen molar-refractivity contribution in [3.8, 4) is 0 Å². The number of hydrogen-bond donors (Lipinski definition) is 2. The third kappa shape index (κ3) is 5.67. The van der Waals surface area contributed by atoms with E-state index in [2.05, 4.69) is 71.5 Å². The number of hydrogen-bond acceptors (Lipinski definition) is 4. The summed E-state index contributed by atoms with van der Waals surface area (Å²) in [6.45, 7) is 10.4. The Kier molecular flexibility index (Phi) is 7.86. The molecule has 1 aliphatic heterocycles. The summed E-state index contributed by atoms with van der Waals surface area (Å²) >= 11 is 1.63. The fraction of sp³-hybridized carbons (Fsp3) is 0.519. The van der Waals surface area contributed by atoms with Crippen LogP contribution in [-0.4, -0.2) is 60.0 Å². The maximum atomic E-state index is 13.5. The number of piperazine rings is 1. The number of aromatic nitrogens is 1. The molecule has 6 heteroatoms. The van der Waals surface area contributed by atoms with E-state index in [1.165, 1.54) is 40.8 Å². The molecule has 2 fully saturated rings. The van der Waals surface area contributed by atoms with Crippen LogP contribution >= 0.6 is 11.8 Å². The lowest BCUT2D eigenvalue weighted by Crippen LogP contribution is -2.45. The number of aromatic amines is 1. The molecule has 0 bridgehead atoms. The quantitative estimate of drug-likeness (QED) is 0.530. The van der Waals surface area contributed by atoms with E-state index >= 15 is 0 Å². The lowest BCUT2D eigenvalue weighted by molar-refractivity contribution is -0.118. The second kappa shape index (κ2) is 10.8. The largest absolute Gasteiger partial charge is 0.364 e. The van der Waals surface area contributed by atoms with Gasteiger partial charge in [-0.1, -0.05) is 42.5 Å². The van der Waals surface area contributed by atoms with Gasteiger partial charge in [0, 0.05) is 49.3 Å². The van der Waals surface area contributed by atoms with Crippen LogP contribution in [0, 0.1) is 5.92 Å². The van der Waals surface area contributed by atoms with Gasteiger partial charge in [0.25, 0.3) is 5.91 Å². The lowest BCUT2D eigenvalue weighted by atomic mass is 9.77. The maximum absolute atomic E-state index is 13.5. The average Bonchev–Trinajstić information content (AvgIpc) is 3.17. The van der Waals surface area contributed by atoms with Crippen molar-refractivity contribution in [3.05, 3.63) is 57.6 Å². The van der Waals surface area contributed by atoms with Gasteiger partial charge >= 0.3 is 0 Å². The van der Waals surface area contributed by atoms with Crippen molar-refractivity contribution >= 4 is 28.6 Å². The lowest BCUT2D eigenvalue weighted by Gasteiger charge is -2.36. The van der Waals surface area contributed by atoms with Crippen LogP contribution in [0.1, 0.15) is 45.6 Å². The van der Waals surface area contributed by atoms with Gasteiger partial charge in [0.1, 0.15) is 0 Å². The molecule has 1 atom stereocenters. The number of H-pyrrole nitrogens is 1. The topological polar surface area (TPSA) is 51.4 Å². The van der Waals surface area contributed by atoms with Crippen molar-refractivity contribution in [2.75, 3.05) is 33.2 Å². The van der Waals surface area contributed by atoms with Gasteiger partial charge in [0.2, 0.25) is 0 Å². The second-order valence-corrected chi connectivity index (χ2v) is 10.7. The van der Waals surface area contributed by atoms with E-state index < -0.39 is 0 Å². The number of nitrogens with zero attached hydrogens (tertiary/aromatic N) is 2. The van der Waals surface area contributed by atoms with Crippen molar-refractivity contribution in [2.45, 2.75) is 52.5 Å². The Morgan fingerprint density at radius 3 is 2.58 bits per heavy atom. The monoisotopic (exact) mass is 466 g/mol. The fourth-order valence-electron chi connectivity index (χ4n) is 4.79. The average molecular weight is 467 g/mol. The predicted octanol–water partition coefficient (Wildman–Crippen LogP) is 5.13. The van der Waals surface area contributed by atoms with Crippen LogP contribution in [0.15, 0.2) is 52.0 Å². The number of benzene rings is 1. The fourth-order valence-corrected chi connectivity index (χ4v) is 5.78. The Balaban J connectivity index is 1.46. The van der Waals surface area contributed by atoms with Crippen LogP contribution in [0.25, 0.3) is 10.9 Å². The number of fused-ring (bicyclic) bond motifs is 1. The normalized spacial score (nSPS) is 18.8. The van der Waals surface area contributed by atoms with Crippen LogP contribution in [0.2, 0.25) is 0 Å². The number of rotatable bonds is 8. The highest BCUT2D eigenvalue weighted by Crippen LogP contribution is 2.35. The van der Waals surface area contributed by atoms with E-state index in [4.69, 9.17) is 0 Å². The number of likely N-dealkylation sites (N-methyl/N-ethyl adjacent to an activating group) is 1. The van der Waals surface area contributed by atoms with Gasteiger partial charge in [-0.3, -0.25) is 4.79 Å². The maximum Gasteiger partial charge on any atom is 0.258 e. The zero-order valence-electron chi connectivity index (χ0n) is 20.5. The summed E-state index contributed by atoms with van der Waals surface area (Å²) in [5.74, 6) is 0.624. The molecule has 0 radical (unpaired) electrons. The summed E-state index contributed by atoms with van der Waals surface area (Å²) in [4.78, 5) is 22.4. The summed E-state index contributed by atoms with van der Waals surface area (Å²) in [5, 5.41) is 5.92. The summed E-state index contributed by atoms with van der Waals surface area (Å²) in [5.41, 5.74) is 3.72. The number of nitrogens with one attached hydrogen (secondary N) is 2. The van der Waals surface area contributed by atoms with Gasteiger partial charge in [0.15, 0.2) is 0 Å². The molecule has 5 nitrogen and oxygen atoms in total. The van der Waals surface area contributed by atoms with Crippen molar-refractivity contribution in [1.82, 2.24) is 20.1 Å². The van der Waals surface area contributed by atoms with Gasteiger partial charge in [-0.25, -0.2) is 0 Å². The Hall–Kier alpha value is -2.18. The molecule has 1 aromatic heterocycles. The van der Waals surface area contributed by atoms with E-state index in [1.807, 2.05) is 13.0 Å². The highest BCUT2D eigenvalue weighted by Gasteiger charge is 2.30. The minimum absolute atomic E-state index is 0.0621. The molecule has 2 aromatic rings. The molecular formula is C27H38N4OS. The van der Waals surface area contributed by atoms with E-state index in [-0.39, 0.29) is 11.9 Å². The van der Waals surface area contributed by atoms with Gasteiger partial charge in [0.05, 0.1) is 9.93 Å². The van der Waals surface area contributed by atoms with Gasteiger partial charge in [-0.15, -0.1) is 0 Å². The molecule has 4 rings (SSSR count). The molecular weight excluding hydrogens is 428 g/mol. The second-order valence-electron chi connectivity index (χ2n) is 9.69. The molecule has 2 aliphatic rings. The van der Waals surface area contributed by atoms with Crippen LogP contribution in [0.4, 0.5) is 0 Å². The SMILES string of the molecule is C/C=C(\SC(=C(C)C)N1CCN(C)CC1)C(=O)N[C@H](Cc1c[nH]c2ccccc12)C1CCC1. The van der Waals surface area contributed by atoms with Crippen LogP contribution in [0.3, 0.4) is 0 Å². The number of carbonyl (C=O) groups excluding carboxylic acids is 1. The van der Waals surface area contributed by atoms with E-state index in [1.54, 1.807) is 11.8 Å². The third-order valence-electron chi connectivity index (χ3n) is 7.06. The molecule has 1 saturated carbocycles. The van der Waals surface area contributed by atoms with Crippen molar-refractivity contribution in [1.29, 1.82) is 0 Å². The first-order valence-corrected chi connectivity index (χ1v) is 13.1. The standard InChI is InChI=1S/C27H38N4OS/c1-5-25(33-27(19(2)3)31-15-13-30(4)14-16-31)26(32)29-24(20-9-8-10-20)17-21-18-28-23-12-7-6-11-22(21)23/h5-7,11-12,18,20,24,28H,8-10,13-17H2,1-4H3,(H,29,32)/b25-5-/t24-/m1/s1. The van der Waals surface area contributed by atoms with Crippen molar-refractivity contribution in [2.24, 2.45) is 5.92 Å². The molecule has 1 aromatic carbocycles. The Labute approximate surface area is 202 Å². The molecule has 2 heterocycles. The number of thioether (sulfide) groups is 1. The van der Waals surface area contributed by atoms with Crippen LogP contribution in [0.5, 0.6) is 0 Å². The van der Waals surface area contributed by atoms with Gasteiger partial charge < -0.3 is 20.1 Å². The van der Waals surface area contributed by atoms with Crippen LogP contribution < -0.4 is 5.32 Å². The Morgan fingerprint density at radius 1 is 1.21 bits per heavy atom. The highest BCUT2D eigenvalue weighted by molar-refractivity contribution is 8.07. The van der Waals surface area contributed by atoms with E-state index in [0.29, 0.717) is 5.92 Å². The van der Waals surface area contributed by atoms with E-state index in [9.17, 15) is 4.79 Å². The van der Waals surface area contributed by atoms with Crippen molar-refractivity contribution in [3.63, 3.8) is 0 Å². The summed E-state index contributed by atoms with van der Waals surface area (Å²) in [6.07, 6.45) is 8.63. The molecule has 1 saturated heterocycles. The number of carbonyl (C=O) groups is 1. The summed E-state index contributed by atoms with van der Waals surface area (Å²) in [7, 11) is 2.17. The third-order valence-corrected chi connectivity index (χ3v) is 8.56. The highest BCUT2D eigenvalue weighted by atomic mass is 32.2. The minimum Gasteiger partial charge on any atom is -0.364 e. The zero-order valence-corrected chi connectivity index (χ0v) is 21.3. The Morgan fingerprint density at radius 2 is 1.94 bits per heavy atom. The van der Waals surface area contributed by atoms with Gasteiger partial charge in [-0.2, -0.15) is 0 Å². The predicted molar refractivity (Wildman–Crippen MR) is 140 cm³/mol. The molecule has 1 aliphatic carbocycles. The van der Waals surface area contributed by atoms with Gasteiger partial charge in [-0.05, 0) is 70.2 Å². The number of allylic oxidation sites excluding steroid dienone is 2. The molecule has 0 spiro atoms.